The van der Waals surface area contributed by atoms with Crippen LogP contribution in [0.3, 0.4) is 0 Å². The summed E-state index contributed by atoms with van der Waals surface area (Å²) in [4.78, 5) is 75.0. The average molecular weight is 878 g/mol. The molecule has 2 aromatic carbocycles. The van der Waals surface area contributed by atoms with E-state index in [1.807, 2.05) is 69.3 Å². The Bertz CT molecular complexity index is 1720. The maximum Gasteiger partial charge on any atom is 0.407 e. The molecule has 13 nitrogen and oxygen atoms in total. The van der Waals surface area contributed by atoms with Gasteiger partial charge in [-0.2, -0.15) is 0 Å². The van der Waals surface area contributed by atoms with Crippen molar-refractivity contribution in [2.75, 3.05) is 13.2 Å². The van der Waals surface area contributed by atoms with Crippen LogP contribution in [0.25, 0.3) is 11.1 Å². The molecule has 1 aliphatic carbocycles. The number of carboxylic acids is 1. The molecule has 2 unspecified atom stereocenters. The second-order valence-electron chi connectivity index (χ2n) is 18.7. The fourth-order valence-corrected chi connectivity index (χ4v) is 7.71. The standard InChI is InChI=1S/C50H75N3O10/c1-49(2,3)62-45(56)31-18-16-14-12-10-8-7-9-11-13-15-17-30-44(55)52-42(47(59)63-50(4,5)6)32-33-43(54)51-34-24-23-29-41(46(57)58)53-48(60)61-35-40-38-27-21-19-25-36(38)37-26-20-22-28-39(37)40/h19-22,25-28,40-42H,7-18,23-24,29-35H2,1-6H3,(H,51,54)(H,52,55)(H,53,60)(H,57,58). The lowest BCUT2D eigenvalue weighted by molar-refractivity contribution is -0.159. The maximum atomic E-state index is 13.0. The van der Waals surface area contributed by atoms with E-state index in [1.54, 1.807) is 20.8 Å². The Hall–Kier alpha value is -4.94. The van der Waals surface area contributed by atoms with Gasteiger partial charge in [0.05, 0.1) is 0 Å². The average Bonchev–Trinajstić information content (AvgIpc) is 3.53. The number of carbonyl (C=O) groups is 6. The summed E-state index contributed by atoms with van der Waals surface area (Å²) in [6.45, 7) is 11.3. The van der Waals surface area contributed by atoms with Gasteiger partial charge in [-0.05, 0) is 102 Å². The van der Waals surface area contributed by atoms with Gasteiger partial charge in [-0.15, -0.1) is 0 Å². The number of amides is 3. The molecule has 350 valence electrons. The van der Waals surface area contributed by atoms with Gasteiger partial charge in [0.1, 0.15) is 29.9 Å². The highest BCUT2D eigenvalue weighted by Gasteiger charge is 2.30. The van der Waals surface area contributed by atoms with Crippen LogP contribution in [-0.4, -0.2) is 77.4 Å². The molecule has 0 spiro atoms. The van der Waals surface area contributed by atoms with Crippen LogP contribution < -0.4 is 16.0 Å². The maximum absolute atomic E-state index is 13.0. The van der Waals surface area contributed by atoms with Gasteiger partial charge in [0.25, 0.3) is 0 Å². The first-order valence-corrected chi connectivity index (χ1v) is 23.3. The molecule has 4 N–H and O–H groups in total. The highest BCUT2D eigenvalue weighted by atomic mass is 16.6. The van der Waals surface area contributed by atoms with Crippen LogP contribution >= 0.6 is 0 Å². The summed E-state index contributed by atoms with van der Waals surface area (Å²) in [5.41, 5.74) is 3.12. The van der Waals surface area contributed by atoms with Gasteiger partial charge in [0.15, 0.2) is 0 Å². The number of fused-ring (bicyclic) bond motifs is 3. The second kappa shape index (κ2) is 27.3. The minimum Gasteiger partial charge on any atom is -0.480 e. The normalized spacial score (nSPS) is 13.2. The molecule has 2 atom stereocenters. The van der Waals surface area contributed by atoms with E-state index in [0.29, 0.717) is 25.7 Å². The predicted molar refractivity (Wildman–Crippen MR) is 244 cm³/mol. The molecule has 3 amide bonds. The number of alkyl carbamates (subject to hydrolysis) is 1. The van der Waals surface area contributed by atoms with Crippen molar-refractivity contribution in [2.24, 2.45) is 0 Å². The van der Waals surface area contributed by atoms with E-state index < -0.39 is 41.3 Å². The smallest absolute Gasteiger partial charge is 0.407 e. The number of rotatable bonds is 29. The number of nitrogens with one attached hydrogen (secondary N) is 3. The third-order valence-corrected chi connectivity index (χ3v) is 10.8. The molecule has 0 aromatic heterocycles. The topological polar surface area (TPSA) is 186 Å². The van der Waals surface area contributed by atoms with Gasteiger partial charge < -0.3 is 35.3 Å². The second-order valence-corrected chi connectivity index (χ2v) is 18.7. The van der Waals surface area contributed by atoms with Crippen LogP contribution in [0.4, 0.5) is 4.79 Å². The summed E-state index contributed by atoms with van der Waals surface area (Å²) < 4.78 is 16.4. The number of unbranched alkanes of at least 4 members (excludes halogenated alkanes) is 12. The summed E-state index contributed by atoms with van der Waals surface area (Å²) >= 11 is 0. The first-order chi connectivity index (χ1) is 29.9. The van der Waals surface area contributed by atoms with E-state index in [2.05, 4.69) is 16.0 Å². The molecule has 2 aromatic rings. The van der Waals surface area contributed by atoms with Gasteiger partial charge in [0.2, 0.25) is 11.8 Å². The fourth-order valence-electron chi connectivity index (χ4n) is 7.71. The molecular formula is C50H75N3O10. The Morgan fingerprint density at radius 2 is 1.08 bits per heavy atom. The van der Waals surface area contributed by atoms with E-state index >= 15 is 0 Å². The molecule has 0 bridgehead atoms. The minimum absolute atomic E-state index is 0.0145. The number of esters is 2. The molecule has 63 heavy (non-hydrogen) atoms. The van der Waals surface area contributed by atoms with E-state index in [1.165, 1.54) is 25.7 Å². The molecule has 0 saturated carbocycles. The highest BCUT2D eigenvalue weighted by molar-refractivity contribution is 5.85. The number of hydrogen-bond acceptors (Lipinski definition) is 9. The van der Waals surface area contributed by atoms with Crippen molar-refractivity contribution >= 4 is 35.8 Å². The van der Waals surface area contributed by atoms with Gasteiger partial charge in [-0.3, -0.25) is 14.4 Å². The van der Waals surface area contributed by atoms with E-state index in [9.17, 15) is 33.9 Å². The van der Waals surface area contributed by atoms with E-state index in [4.69, 9.17) is 14.2 Å². The predicted octanol–water partition coefficient (Wildman–Crippen LogP) is 9.67. The van der Waals surface area contributed by atoms with Crippen molar-refractivity contribution in [3.8, 4) is 11.1 Å². The minimum atomic E-state index is -1.18. The number of carboxylic acid groups (broad SMARTS) is 1. The highest BCUT2D eigenvalue weighted by Crippen LogP contribution is 2.44. The zero-order chi connectivity index (χ0) is 46.3. The zero-order valence-corrected chi connectivity index (χ0v) is 38.8. The molecule has 3 rings (SSSR count). The molecule has 0 aliphatic heterocycles. The number of carbonyl (C=O) groups excluding carboxylic acids is 5. The Kier molecular flexibility index (Phi) is 22.7. The number of aliphatic carboxylic acids is 1. The third kappa shape index (κ3) is 21.3. The van der Waals surface area contributed by atoms with Crippen molar-refractivity contribution in [1.29, 1.82) is 0 Å². The van der Waals surface area contributed by atoms with Crippen LogP contribution in [0, 0.1) is 0 Å². The van der Waals surface area contributed by atoms with Gasteiger partial charge in [0, 0.05) is 31.7 Å². The van der Waals surface area contributed by atoms with E-state index in [-0.39, 0.29) is 62.5 Å². The SMILES string of the molecule is CC(C)(C)OC(=O)CCCCCCCCCCCCCCC(=O)NC(CCC(=O)NCCCCC(NC(=O)OCC1c2ccccc2-c2ccccc21)C(=O)O)C(=O)OC(C)(C)C. The Labute approximate surface area is 375 Å². The van der Waals surface area contributed by atoms with Crippen molar-refractivity contribution in [1.82, 2.24) is 16.0 Å². The van der Waals surface area contributed by atoms with Crippen LogP contribution in [-0.2, 0) is 38.2 Å². The number of ether oxygens (including phenoxy) is 3. The van der Waals surface area contributed by atoms with Gasteiger partial charge >= 0.3 is 24.0 Å². The molecule has 0 saturated heterocycles. The lowest BCUT2D eigenvalue weighted by Crippen LogP contribution is -2.44. The summed E-state index contributed by atoms with van der Waals surface area (Å²) in [5, 5.41) is 17.8. The van der Waals surface area contributed by atoms with Gasteiger partial charge in [-0.25, -0.2) is 14.4 Å². The van der Waals surface area contributed by atoms with Crippen LogP contribution in [0.15, 0.2) is 48.5 Å². The third-order valence-electron chi connectivity index (χ3n) is 10.8. The largest absolute Gasteiger partial charge is 0.480 e. The van der Waals surface area contributed by atoms with Crippen molar-refractivity contribution < 1.29 is 48.1 Å². The molecule has 1 aliphatic rings. The molecular weight excluding hydrogens is 803 g/mol. The van der Waals surface area contributed by atoms with Crippen molar-refractivity contribution in [3.63, 3.8) is 0 Å². The Morgan fingerprint density at radius 3 is 1.60 bits per heavy atom. The van der Waals surface area contributed by atoms with Crippen LogP contribution in [0.2, 0.25) is 0 Å². The molecule has 0 heterocycles. The first-order valence-electron chi connectivity index (χ1n) is 23.3. The molecule has 13 heteroatoms. The molecule has 0 radical (unpaired) electrons. The quantitative estimate of drug-likeness (QED) is 0.0348. The Balaban J connectivity index is 1.26. The first kappa shape index (κ1) is 52.4. The summed E-state index contributed by atoms with van der Waals surface area (Å²) in [6, 6.07) is 13.8. The number of benzene rings is 2. The van der Waals surface area contributed by atoms with Crippen molar-refractivity contribution in [2.45, 2.75) is 193 Å². The lowest BCUT2D eigenvalue weighted by Gasteiger charge is -2.24. The Morgan fingerprint density at radius 1 is 0.571 bits per heavy atom. The summed E-state index contributed by atoms with van der Waals surface area (Å²) in [6.07, 6.45) is 13.9. The summed E-state index contributed by atoms with van der Waals surface area (Å²) in [7, 11) is 0. The fraction of sp³-hybridized carbons (Fsp3) is 0.640. The number of hydrogen-bond donors (Lipinski definition) is 4. The van der Waals surface area contributed by atoms with Crippen LogP contribution in [0.5, 0.6) is 0 Å². The van der Waals surface area contributed by atoms with Gasteiger partial charge in [-0.1, -0.05) is 113 Å². The van der Waals surface area contributed by atoms with Crippen molar-refractivity contribution in [3.05, 3.63) is 59.7 Å². The monoisotopic (exact) mass is 878 g/mol. The zero-order valence-electron chi connectivity index (χ0n) is 38.8. The summed E-state index contributed by atoms with van der Waals surface area (Å²) in [5.74, 6) is -2.59. The lowest BCUT2D eigenvalue weighted by atomic mass is 9.98. The van der Waals surface area contributed by atoms with E-state index in [0.717, 1.165) is 67.2 Å². The molecule has 0 fully saturated rings. The van der Waals surface area contributed by atoms with Crippen LogP contribution in [0.1, 0.15) is 181 Å².